The molecule has 5 nitrogen and oxygen atoms in total. The molecule has 112 valence electrons. The second kappa shape index (κ2) is 8.11. The second-order valence-corrected chi connectivity index (χ2v) is 8.42. The Balaban J connectivity index is 2.59. The molecule has 0 spiro atoms. The van der Waals surface area contributed by atoms with Gasteiger partial charge in [0.25, 0.3) is 0 Å². The number of aliphatic imine (C=N–C) groups is 1. The summed E-state index contributed by atoms with van der Waals surface area (Å²) < 4.78 is 30.0. The highest BCUT2D eigenvalue weighted by Crippen LogP contribution is 2.30. The summed E-state index contributed by atoms with van der Waals surface area (Å²) in [5.74, 6) is 0.917. The summed E-state index contributed by atoms with van der Waals surface area (Å²) in [7, 11) is -3.62. The van der Waals surface area contributed by atoms with Gasteiger partial charge in [-0.1, -0.05) is 32.6 Å². The van der Waals surface area contributed by atoms with E-state index in [-0.39, 0.29) is 11.8 Å². The van der Waals surface area contributed by atoms with Crippen molar-refractivity contribution in [2.45, 2.75) is 57.9 Å². The first-order valence-electron chi connectivity index (χ1n) is 6.86. The van der Waals surface area contributed by atoms with Crippen molar-refractivity contribution in [3.8, 4) is 0 Å². The van der Waals surface area contributed by atoms with Gasteiger partial charge in [0.2, 0.25) is 0 Å². The third kappa shape index (κ3) is 7.17. The third-order valence-corrected chi connectivity index (χ3v) is 5.42. The second-order valence-electron chi connectivity index (χ2n) is 5.06. The Morgan fingerprint density at radius 1 is 1.42 bits per heavy atom. The summed E-state index contributed by atoms with van der Waals surface area (Å²) in [6.07, 6.45) is 8.21. The summed E-state index contributed by atoms with van der Waals surface area (Å²) in [5.41, 5.74) is 5.77. The zero-order valence-electron chi connectivity index (χ0n) is 11.4. The minimum absolute atomic E-state index is 0.0335. The lowest BCUT2D eigenvalue weighted by molar-refractivity contribution is 0.295. The van der Waals surface area contributed by atoms with Crippen LogP contribution in [0.4, 0.5) is 0 Å². The fourth-order valence-corrected chi connectivity index (χ4v) is 3.76. The van der Waals surface area contributed by atoms with Gasteiger partial charge in [-0.2, -0.15) is 8.42 Å². The number of hydrogen-bond donors (Lipinski definition) is 2. The molecule has 1 aliphatic rings. The maximum atomic E-state index is 10.7. The van der Waals surface area contributed by atoms with Crippen molar-refractivity contribution in [1.82, 2.24) is 0 Å². The number of hydrogen-bond acceptors (Lipinski definition) is 4. The molecule has 0 bridgehead atoms. The molecule has 0 heterocycles. The quantitative estimate of drug-likeness (QED) is 0.326. The molecule has 1 rings (SSSR count). The lowest BCUT2D eigenvalue weighted by Crippen LogP contribution is -2.26. The van der Waals surface area contributed by atoms with Crippen molar-refractivity contribution in [2.75, 3.05) is 5.75 Å². The van der Waals surface area contributed by atoms with Crippen LogP contribution in [0.25, 0.3) is 0 Å². The molecule has 1 atom stereocenters. The molecule has 0 aromatic carbocycles. The van der Waals surface area contributed by atoms with E-state index in [2.05, 4.69) is 11.9 Å². The van der Waals surface area contributed by atoms with Gasteiger partial charge in [-0.05, 0) is 25.2 Å². The van der Waals surface area contributed by atoms with Gasteiger partial charge in [0.1, 0.15) is 5.84 Å². The number of nitrogens with zero attached hydrogens (tertiary/aromatic N) is 1. The molecule has 0 aliphatic heterocycles. The van der Waals surface area contributed by atoms with Crippen molar-refractivity contribution < 1.29 is 13.0 Å². The molecule has 1 unspecified atom stereocenters. The summed E-state index contributed by atoms with van der Waals surface area (Å²) >= 11 is 0. The van der Waals surface area contributed by atoms with Crippen LogP contribution < -0.4 is 5.73 Å². The lowest BCUT2D eigenvalue weighted by Gasteiger charge is -2.27. The zero-order chi connectivity index (χ0) is 14.3. The van der Waals surface area contributed by atoms with Crippen molar-refractivity contribution in [3.05, 3.63) is 0 Å². The van der Waals surface area contributed by atoms with Crippen LogP contribution in [0.2, 0.25) is 0 Å². The monoisotopic (exact) mass is 308 g/mol. The Bertz CT molecular complexity index is 390. The van der Waals surface area contributed by atoms with Crippen molar-refractivity contribution in [1.29, 1.82) is 0 Å². The normalized spacial score (nSPS) is 20.4. The fraction of sp³-hybridized carbons (Fsp3) is 0.917. The molecule has 0 aromatic heterocycles. The van der Waals surface area contributed by atoms with Gasteiger partial charge < -0.3 is 5.73 Å². The largest absolute Gasteiger partial charge is 0.387 e. The summed E-state index contributed by atoms with van der Waals surface area (Å²) in [5, 5.41) is 0. The average molecular weight is 308 g/mol. The van der Waals surface area contributed by atoms with Gasteiger partial charge in [-0.15, -0.1) is 0 Å². The van der Waals surface area contributed by atoms with E-state index in [1.165, 1.54) is 32.1 Å². The van der Waals surface area contributed by atoms with Crippen LogP contribution in [0.1, 0.15) is 51.9 Å². The number of amidine groups is 1. The highest BCUT2D eigenvalue weighted by molar-refractivity contribution is 8.70. The first kappa shape index (κ1) is 16.8. The standard InChI is InChI=1S/C12H24N2O3S2/c1-2-6-11(10-7-4-3-5-8-10)14-12(13)9-18-19(15,16)17/h10-11H,2-9H2,1H3,(H2,13,14)(H,15,16,17). The van der Waals surface area contributed by atoms with Gasteiger partial charge in [0.05, 0.1) is 11.8 Å². The molecule has 7 heteroatoms. The van der Waals surface area contributed by atoms with E-state index in [1.807, 2.05) is 0 Å². The van der Waals surface area contributed by atoms with Crippen LogP contribution in [-0.4, -0.2) is 30.6 Å². The summed E-state index contributed by atoms with van der Waals surface area (Å²) in [6.45, 7) is 2.12. The third-order valence-electron chi connectivity index (χ3n) is 3.47. The first-order valence-corrected chi connectivity index (χ1v) is 9.80. The molecular weight excluding hydrogens is 284 g/mol. The number of nitrogens with two attached hydrogens (primary N) is 1. The Morgan fingerprint density at radius 3 is 2.58 bits per heavy atom. The first-order chi connectivity index (χ1) is 8.92. The van der Waals surface area contributed by atoms with E-state index in [9.17, 15) is 8.42 Å². The highest BCUT2D eigenvalue weighted by atomic mass is 33.1. The maximum Gasteiger partial charge on any atom is 0.320 e. The van der Waals surface area contributed by atoms with E-state index in [0.29, 0.717) is 22.5 Å². The Morgan fingerprint density at radius 2 is 2.05 bits per heavy atom. The summed E-state index contributed by atoms with van der Waals surface area (Å²) in [4.78, 5) is 4.49. The van der Waals surface area contributed by atoms with Crippen LogP contribution >= 0.6 is 10.8 Å². The van der Waals surface area contributed by atoms with Crippen LogP contribution in [-0.2, 0) is 9.15 Å². The summed E-state index contributed by atoms with van der Waals surface area (Å²) in [6, 6.07) is 0.201. The Hall–Kier alpha value is -0.270. The molecule has 1 fully saturated rings. The van der Waals surface area contributed by atoms with E-state index < -0.39 is 9.15 Å². The van der Waals surface area contributed by atoms with E-state index in [4.69, 9.17) is 10.3 Å². The van der Waals surface area contributed by atoms with Crippen molar-refractivity contribution in [3.63, 3.8) is 0 Å². The van der Waals surface area contributed by atoms with Crippen LogP contribution in [0.15, 0.2) is 4.99 Å². The van der Waals surface area contributed by atoms with Gasteiger partial charge in [0, 0.05) is 10.8 Å². The van der Waals surface area contributed by atoms with Crippen LogP contribution in [0.5, 0.6) is 0 Å². The van der Waals surface area contributed by atoms with E-state index in [1.54, 1.807) is 0 Å². The predicted octanol–water partition coefficient (Wildman–Crippen LogP) is 2.63. The van der Waals surface area contributed by atoms with Crippen LogP contribution in [0.3, 0.4) is 0 Å². The van der Waals surface area contributed by atoms with Gasteiger partial charge in [-0.3, -0.25) is 9.55 Å². The van der Waals surface area contributed by atoms with Crippen LogP contribution in [0, 0.1) is 5.92 Å². The molecule has 0 amide bonds. The van der Waals surface area contributed by atoms with Gasteiger partial charge in [0.15, 0.2) is 0 Å². The molecular formula is C12H24N2O3S2. The minimum atomic E-state index is -4.04. The van der Waals surface area contributed by atoms with E-state index >= 15 is 0 Å². The SMILES string of the molecule is CCCC(N=C(N)CSS(=O)(=O)O)C1CCCCC1. The predicted molar refractivity (Wildman–Crippen MR) is 80.9 cm³/mol. The molecule has 1 saturated carbocycles. The van der Waals surface area contributed by atoms with Crippen molar-refractivity contribution >= 4 is 25.8 Å². The Labute approximate surface area is 119 Å². The fourth-order valence-electron chi connectivity index (χ4n) is 2.61. The zero-order valence-corrected chi connectivity index (χ0v) is 13.0. The molecule has 0 aromatic rings. The van der Waals surface area contributed by atoms with Gasteiger partial charge >= 0.3 is 9.15 Å². The lowest BCUT2D eigenvalue weighted by atomic mass is 9.82. The number of rotatable bonds is 7. The highest BCUT2D eigenvalue weighted by Gasteiger charge is 2.22. The minimum Gasteiger partial charge on any atom is -0.387 e. The smallest absolute Gasteiger partial charge is 0.320 e. The molecule has 0 saturated heterocycles. The molecule has 19 heavy (non-hydrogen) atoms. The molecule has 3 N–H and O–H groups in total. The average Bonchev–Trinajstić information content (AvgIpc) is 2.36. The van der Waals surface area contributed by atoms with E-state index in [0.717, 1.165) is 12.8 Å². The van der Waals surface area contributed by atoms with Crippen molar-refractivity contribution in [2.24, 2.45) is 16.6 Å². The topological polar surface area (TPSA) is 92.8 Å². The maximum absolute atomic E-state index is 10.7. The van der Waals surface area contributed by atoms with Gasteiger partial charge in [-0.25, -0.2) is 0 Å². The molecule has 0 radical (unpaired) electrons. The Kier molecular flexibility index (Phi) is 7.17. The molecule has 1 aliphatic carbocycles.